The Labute approximate surface area is 145 Å². The minimum Gasteiger partial charge on any atom is -0.496 e. The van der Waals surface area contributed by atoms with E-state index in [0.29, 0.717) is 6.04 Å². The second-order valence-corrected chi connectivity index (χ2v) is 7.41. The first-order chi connectivity index (χ1) is 11.8. The van der Waals surface area contributed by atoms with E-state index in [1.807, 2.05) is 0 Å². The lowest BCUT2D eigenvalue weighted by atomic mass is 9.81. The van der Waals surface area contributed by atoms with Gasteiger partial charge in [-0.15, -0.1) is 0 Å². The minimum atomic E-state index is 0.520. The molecule has 1 atom stereocenters. The quantitative estimate of drug-likeness (QED) is 0.857. The summed E-state index contributed by atoms with van der Waals surface area (Å²) in [5.74, 6) is 1.98. The molecule has 0 amide bonds. The van der Waals surface area contributed by atoms with Crippen molar-refractivity contribution in [2.24, 2.45) is 5.92 Å². The second-order valence-electron chi connectivity index (χ2n) is 7.41. The van der Waals surface area contributed by atoms with E-state index in [2.05, 4.69) is 47.8 Å². The summed E-state index contributed by atoms with van der Waals surface area (Å²) < 4.78 is 5.51. The van der Waals surface area contributed by atoms with Crippen LogP contribution in [0, 0.1) is 5.92 Å². The zero-order valence-corrected chi connectivity index (χ0v) is 14.6. The number of benzene rings is 2. The summed E-state index contributed by atoms with van der Waals surface area (Å²) in [4.78, 5) is 0. The first-order valence-electron chi connectivity index (χ1n) is 9.28. The monoisotopic (exact) mass is 321 g/mol. The van der Waals surface area contributed by atoms with Crippen LogP contribution in [0.15, 0.2) is 42.5 Å². The van der Waals surface area contributed by atoms with Gasteiger partial charge in [0.15, 0.2) is 0 Å². The molecule has 0 heterocycles. The van der Waals surface area contributed by atoms with Crippen LogP contribution < -0.4 is 10.1 Å². The van der Waals surface area contributed by atoms with Gasteiger partial charge in [0.25, 0.3) is 0 Å². The number of ether oxygens (including phenoxy) is 1. The molecule has 0 aliphatic heterocycles. The lowest BCUT2D eigenvalue weighted by Crippen LogP contribution is -2.29. The van der Waals surface area contributed by atoms with Crippen molar-refractivity contribution in [2.45, 2.75) is 51.1 Å². The lowest BCUT2D eigenvalue weighted by molar-refractivity contribution is 0.314. The third-order valence-electron chi connectivity index (χ3n) is 5.70. The highest BCUT2D eigenvalue weighted by Crippen LogP contribution is 2.31. The van der Waals surface area contributed by atoms with Gasteiger partial charge in [-0.25, -0.2) is 0 Å². The summed E-state index contributed by atoms with van der Waals surface area (Å²) in [6, 6.07) is 16.1. The van der Waals surface area contributed by atoms with Crippen LogP contribution in [0.25, 0.3) is 0 Å². The molecule has 0 radical (unpaired) electrons. The highest BCUT2D eigenvalue weighted by atomic mass is 16.5. The van der Waals surface area contributed by atoms with Crippen molar-refractivity contribution < 1.29 is 4.74 Å². The Kier molecular flexibility index (Phi) is 4.57. The van der Waals surface area contributed by atoms with E-state index in [1.54, 1.807) is 7.11 Å². The van der Waals surface area contributed by atoms with Gasteiger partial charge < -0.3 is 10.1 Å². The molecule has 1 N–H and O–H groups in total. The predicted octanol–water partition coefficient (Wildman–Crippen LogP) is 4.29. The number of hydrogen-bond acceptors (Lipinski definition) is 2. The van der Waals surface area contributed by atoms with Gasteiger partial charge in [0.2, 0.25) is 0 Å². The molecule has 0 saturated heterocycles. The number of nitrogens with one attached hydrogen (secondary N) is 1. The molecule has 0 spiro atoms. The fraction of sp³-hybridized carbons (Fsp3) is 0.455. The maximum atomic E-state index is 5.51. The van der Waals surface area contributed by atoms with Crippen LogP contribution in [0.4, 0.5) is 0 Å². The molecule has 0 aromatic heterocycles. The number of fused-ring (bicyclic) bond motifs is 1. The number of rotatable bonds is 6. The Hall–Kier alpha value is -1.80. The van der Waals surface area contributed by atoms with Crippen LogP contribution in [-0.4, -0.2) is 13.2 Å². The van der Waals surface area contributed by atoms with Crippen molar-refractivity contribution in [1.29, 1.82) is 0 Å². The zero-order valence-electron chi connectivity index (χ0n) is 14.6. The Morgan fingerprint density at radius 3 is 2.67 bits per heavy atom. The molecule has 1 fully saturated rings. The van der Waals surface area contributed by atoms with Gasteiger partial charge in [-0.2, -0.15) is 0 Å². The Balaban J connectivity index is 1.35. The molecule has 2 heteroatoms. The summed E-state index contributed by atoms with van der Waals surface area (Å²) in [6.07, 6.45) is 7.71. The highest BCUT2D eigenvalue weighted by Gasteiger charge is 2.23. The minimum absolute atomic E-state index is 0.520. The van der Waals surface area contributed by atoms with Gasteiger partial charge in [-0.05, 0) is 53.5 Å². The molecular formula is C22H27NO. The second kappa shape index (κ2) is 6.98. The van der Waals surface area contributed by atoms with Crippen LogP contribution >= 0.6 is 0 Å². The van der Waals surface area contributed by atoms with Crippen LogP contribution in [0.2, 0.25) is 0 Å². The third-order valence-corrected chi connectivity index (χ3v) is 5.70. The number of methoxy groups -OCH3 is 1. The molecule has 2 aliphatic rings. The molecule has 2 aromatic carbocycles. The van der Waals surface area contributed by atoms with E-state index in [1.165, 1.54) is 47.9 Å². The van der Waals surface area contributed by atoms with Crippen molar-refractivity contribution in [2.75, 3.05) is 7.11 Å². The molecule has 0 bridgehead atoms. The maximum Gasteiger partial charge on any atom is 0.122 e. The third kappa shape index (κ3) is 3.34. The van der Waals surface area contributed by atoms with Gasteiger partial charge in [0.1, 0.15) is 5.75 Å². The molecule has 2 aliphatic carbocycles. The maximum absolute atomic E-state index is 5.51. The molecular weight excluding hydrogens is 294 g/mol. The van der Waals surface area contributed by atoms with Crippen LogP contribution in [-0.2, 0) is 25.8 Å². The molecule has 24 heavy (non-hydrogen) atoms. The van der Waals surface area contributed by atoms with E-state index < -0.39 is 0 Å². The Bertz CT molecular complexity index is 705. The standard InChI is InChI=1S/C22H27NO/c1-24-22-10-4-9-19-13-20(14-21(19)22)23-15-18-8-3-7-17(12-18)11-16-5-2-6-16/h3-4,7-10,12,16,20,23H,2,5-6,11,13-15H2,1H3. The topological polar surface area (TPSA) is 21.3 Å². The first kappa shape index (κ1) is 15.7. The van der Waals surface area contributed by atoms with Crippen LogP contribution in [0.1, 0.15) is 41.5 Å². The van der Waals surface area contributed by atoms with E-state index >= 15 is 0 Å². The Morgan fingerprint density at radius 1 is 1.04 bits per heavy atom. The van der Waals surface area contributed by atoms with Crippen molar-refractivity contribution in [3.05, 3.63) is 64.7 Å². The van der Waals surface area contributed by atoms with Gasteiger partial charge in [0, 0.05) is 12.6 Å². The van der Waals surface area contributed by atoms with Gasteiger partial charge >= 0.3 is 0 Å². The SMILES string of the molecule is COc1cccc2c1CC(NCc1cccc(CC3CCC3)c1)C2. The van der Waals surface area contributed by atoms with Gasteiger partial charge in [0.05, 0.1) is 7.11 Å². The normalized spacial score (nSPS) is 19.8. The fourth-order valence-electron chi connectivity index (χ4n) is 4.11. The fourth-order valence-corrected chi connectivity index (χ4v) is 4.11. The smallest absolute Gasteiger partial charge is 0.122 e. The highest BCUT2D eigenvalue weighted by molar-refractivity contribution is 5.44. The molecule has 2 nitrogen and oxygen atoms in total. The van der Waals surface area contributed by atoms with Crippen LogP contribution in [0.5, 0.6) is 5.75 Å². The zero-order chi connectivity index (χ0) is 16.4. The summed E-state index contributed by atoms with van der Waals surface area (Å²) in [6.45, 7) is 0.958. The summed E-state index contributed by atoms with van der Waals surface area (Å²) in [5.41, 5.74) is 5.74. The van der Waals surface area contributed by atoms with Crippen LogP contribution in [0.3, 0.4) is 0 Å². The van der Waals surface area contributed by atoms with Crippen molar-refractivity contribution >= 4 is 0 Å². The van der Waals surface area contributed by atoms with Gasteiger partial charge in [-0.1, -0.05) is 55.7 Å². The number of hydrogen-bond donors (Lipinski definition) is 1. The molecule has 4 rings (SSSR count). The largest absolute Gasteiger partial charge is 0.496 e. The summed E-state index contributed by atoms with van der Waals surface area (Å²) in [5, 5.41) is 3.75. The summed E-state index contributed by atoms with van der Waals surface area (Å²) in [7, 11) is 1.77. The molecule has 2 aromatic rings. The lowest BCUT2D eigenvalue weighted by Gasteiger charge is -2.25. The average Bonchev–Trinajstić information content (AvgIpc) is 3.00. The van der Waals surface area contributed by atoms with E-state index in [0.717, 1.165) is 31.1 Å². The van der Waals surface area contributed by atoms with Crippen molar-refractivity contribution in [3.8, 4) is 5.75 Å². The van der Waals surface area contributed by atoms with Crippen molar-refractivity contribution in [3.63, 3.8) is 0 Å². The average molecular weight is 321 g/mol. The molecule has 126 valence electrons. The van der Waals surface area contributed by atoms with Gasteiger partial charge in [-0.3, -0.25) is 0 Å². The first-order valence-corrected chi connectivity index (χ1v) is 9.28. The summed E-state index contributed by atoms with van der Waals surface area (Å²) >= 11 is 0. The van der Waals surface area contributed by atoms with E-state index in [4.69, 9.17) is 4.74 Å². The van der Waals surface area contributed by atoms with E-state index in [9.17, 15) is 0 Å². The van der Waals surface area contributed by atoms with Crippen molar-refractivity contribution in [1.82, 2.24) is 5.32 Å². The Morgan fingerprint density at radius 2 is 1.88 bits per heavy atom. The molecule has 1 unspecified atom stereocenters. The van der Waals surface area contributed by atoms with E-state index in [-0.39, 0.29) is 0 Å². The predicted molar refractivity (Wildman–Crippen MR) is 98.5 cm³/mol. The molecule has 1 saturated carbocycles.